The molecule has 0 saturated heterocycles. The Hall–Kier alpha value is -1.47. The highest BCUT2D eigenvalue weighted by Crippen LogP contribution is 2.27. The average molecular weight is 280 g/mol. The lowest BCUT2D eigenvalue weighted by Gasteiger charge is -2.29. The molecule has 0 amide bonds. The monoisotopic (exact) mass is 280 g/mol. The standard InChI is InChI=1S/C12H16N4O2S/c1-8(2)19(17,18)16-4-3-10-9(7-16)5-13-12-11(10)6-14-15-12/h5-6,8H,3-4,7H2,1-2H3,(H,13,14,15). The lowest BCUT2D eigenvalue weighted by atomic mass is 10.0. The summed E-state index contributed by atoms with van der Waals surface area (Å²) >= 11 is 0. The van der Waals surface area contributed by atoms with Crippen LogP contribution in [-0.2, 0) is 23.0 Å². The molecule has 2 aromatic heterocycles. The molecule has 3 heterocycles. The van der Waals surface area contributed by atoms with E-state index in [2.05, 4.69) is 15.2 Å². The van der Waals surface area contributed by atoms with Crippen LogP contribution in [0.2, 0.25) is 0 Å². The predicted molar refractivity (Wildman–Crippen MR) is 72.1 cm³/mol. The zero-order chi connectivity index (χ0) is 13.6. The van der Waals surface area contributed by atoms with E-state index in [4.69, 9.17) is 0 Å². The summed E-state index contributed by atoms with van der Waals surface area (Å²) in [7, 11) is -3.20. The van der Waals surface area contributed by atoms with Gasteiger partial charge in [0.05, 0.1) is 11.4 Å². The van der Waals surface area contributed by atoms with Gasteiger partial charge in [-0.05, 0) is 31.4 Å². The van der Waals surface area contributed by atoms with E-state index in [9.17, 15) is 8.42 Å². The summed E-state index contributed by atoms with van der Waals surface area (Å²) in [5.41, 5.74) is 2.90. The Morgan fingerprint density at radius 1 is 1.37 bits per heavy atom. The summed E-state index contributed by atoms with van der Waals surface area (Å²) in [6.07, 6.45) is 4.21. The average Bonchev–Trinajstić information content (AvgIpc) is 2.86. The molecule has 0 fully saturated rings. The first kappa shape index (κ1) is 12.6. The number of pyridine rings is 1. The number of nitrogens with zero attached hydrogens (tertiary/aromatic N) is 3. The maximum absolute atomic E-state index is 12.2. The molecule has 0 spiro atoms. The van der Waals surface area contributed by atoms with E-state index < -0.39 is 10.0 Å². The fraction of sp³-hybridized carbons (Fsp3) is 0.500. The highest BCUT2D eigenvalue weighted by molar-refractivity contribution is 7.89. The Morgan fingerprint density at radius 3 is 2.89 bits per heavy atom. The van der Waals surface area contributed by atoms with Crippen LogP contribution < -0.4 is 0 Å². The van der Waals surface area contributed by atoms with Gasteiger partial charge in [0, 0.05) is 24.7 Å². The van der Waals surface area contributed by atoms with Gasteiger partial charge in [-0.1, -0.05) is 0 Å². The smallest absolute Gasteiger partial charge is 0.216 e. The molecule has 19 heavy (non-hydrogen) atoms. The van der Waals surface area contributed by atoms with Gasteiger partial charge in [-0.15, -0.1) is 0 Å². The van der Waals surface area contributed by atoms with Crippen molar-refractivity contribution in [2.45, 2.75) is 32.1 Å². The van der Waals surface area contributed by atoms with Crippen molar-refractivity contribution in [3.05, 3.63) is 23.5 Å². The Balaban J connectivity index is 2.01. The first-order valence-electron chi connectivity index (χ1n) is 6.29. The van der Waals surface area contributed by atoms with Gasteiger partial charge in [0.2, 0.25) is 10.0 Å². The number of hydrogen-bond donors (Lipinski definition) is 1. The second-order valence-corrected chi connectivity index (χ2v) is 7.56. The molecule has 0 radical (unpaired) electrons. The van der Waals surface area contributed by atoms with Gasteiger partial charge in [0.25, 0.3) is 0 Å². The maximum Gasteiger partial charge on any atom is 0.216 e. The minimum atomic E-state index is -3.20. The first-order valence-corrected chi connectivity index (χ1v) is 7.79. The molecule has 0 atom stereocenters. The van der Waals surface area contributed by atoms with Crippen molar-refractivity contribution in [1.29, 1.82) is 0 Å². The number of fused-ring (bicyclic) bond motifs is 3. The van der Waals surface area contributed by atoms with Gasteiger partial charge in [0.1, 0.15) is 0 Å². The second kappa shape index (κ2) is 4.28. The number of H-pyrrole nitrogens is 1. The van der Waals surface area contributed by atoms with E-state index in [0.29, 0.717) is 19.5 Å². The predicted octanol–water partition coefficient (Wildman–Crippen LogP) is 1.05. The van der Waals surface area contributed by atoms with E-state index >= 15 is 0 Å². The summed E-state index contributed by atoms with van der Waals surface area (Å²) in [6, 6.07) is 0. The van der Waals surface area contributed by atoms with Gasteiger partial charge in [-0.2, -0.15) is 9.40 Å². The summed E-state index contributed by atoms with van der Waals surface area (Å²) in [4.78, 5) is 4.28. The van der Waals surface area contributed by atoms with E-state index in [1.165, 1.54) is 0 Å². The Kier molecular flexibility index (Phi) is 2.83. The Morgan fingerprint density at radius 2 is 2.16 bits per heavy atom. The minimum absolute atomic E-state index is 0.389. The molecule has 2 aromatic rings. The number of sulfonamides is 1. The molecule has 1 N–H and O–H groups in total. The summed E-state index contributed by atoms with van der Waals surface area (Å²) in [5.74, 6) is 0. The van der Waals surface area contributed by atoms with Gasteiger partial charge < -0.3 is 0 Å². The quantitative estimate of drug-likeness (QED) is 0.892. The summed E-state index contributed by atoms with van der Waals surface area (Å²) in [5, 5.41) is 7.43. The van der Waals surface area contributed by atoms with Crippen molar-refractivity contribution >= 4 is 21.1 Å². The maximum atomic E-state index is 12.2. The fourth-order valence-electron chi connectivity index (χ4n) is 2.44. The van der Waals surface area contributed by atoms with Crippen LogP contribution in [0.25, 0.3) is 11.0 Å². The van der Waals surface area contributed by atoms with Crippen molar-refractivity contribution in [2.75, 3.05) is 6.54 Å². The van der Waals surface area contributed by atoms with E-state index in [0.717, 1.165) is 22.2 Å². The normalized spacial score (nSPS) is 17.0. The Bertz CT molecular complexity index is 720. The molecule has 102 valence electrons. The molecular formula is C12H16N4O2S. The third-order valence-corrected chi connectivity index (χ3v) is 5.82. The molecule has 3 rings (SSSR count). The second-order valence-electron chi connectivity index (χ2n) is 5.07. The van der Waals surface area contributed by atoms with Gasteiger partial charge >= 0.3 is 0 Å². The van der Waals surface area contributed by atoms with E-state index in [1.807, 2.05) is 0 Å². The molecule has 1 aliphatic rings. The van der Waals surface area contributed by atoms with Crippen LogP contribution >= 0.6 is 0 Å². The van der Waals surface area contributed by atoms with Gasteiger partial charge in [-0.3, -0.25) is 5.10 Å². The molecule has 0 unspecified atom stereocenters. The molecule has 0 bridgehead atoms. The lowest BCUT2D eigenvalue weighted by molar-refractivity contribution is 0.387. The topological polar surface area (TPSA) is 79.0 Å². The lowest BCUT2D eigenvalue weighted by Crippen LogP contribution is -2.40. The van der Waals surface area contributed by atoms with Crippen LogP contribution in [0.1, 0.15) is 25.0 Å². The van der Waals surface area contributed by atoms with Crippen LogP contribution in [0, 0.1) is 0 Å². The van der Waals surface area contributed by atoms with Crippen LogP contribution in [0.15, 0.2) is 12.4 Å². The zero-order valence-electron chi connectivity index (χ0n) is 10.9. The van der Waals surface area contributed by atoms with Crippen molar-refractivity contribution in [3.63, 3.8) is 0 Å². The molecule has 0 aliphatic carbocycles. The van der Waals surface area contributed by atoms with E-state index in [1.54, 1.807) is 30.5 Å². The third-order valence-electron chi connectivity index (χ3n) is 3.59. The van der Waals surface area contributed by atoms with Crippen molar-refractivity contribution in [1.82, 2.24) is 19.5 Å². The largest absolute Gasteiger partial charge is 0.261 e. The first-order chi connectivity index (χ1) is 9.00. The van der Waals surface area contributed by atoms with Crippen LogP contribution in [0.3, 0.4) is 0 Å². The molecular weight excluding hydrogens is 264 g/mol. The van der Waals surface area contributed by atoms with Crippen LogP contribution in [-0.4, -0.2) is 39.7 Å². The number of aromatic nitrogens is 3. The molecule has 1 aliphatic heterocycles. The molecule has 6 nitrogen and oxygen atoms in total. The van der Waals surface area contributed by atoms with E-state index in [-0.39, 0.29) is 5.25 Å². The minimum Gasteiger partial charge on any atom is -0.261 e. The molecule has 7 heteroatoms. The molecule has 0 saturated carbocycles. The highest BCUT2D eigenvalue weighted by atomic mass is 32.2. The number of nitrogens with one attached hydrogen (secondary N) is 1. The van der Waals surface area contributed by atoms with Gasteiger partial charge in [0.15, 0.2) is 5.65 Å². The number of rotatable bonds is 2. The van der Waals surface area contributed by atoms with Crippen molar-refractivity contribution in [2.24, 2.45) is 0 Å². The van der Waals surface area contributed by atoms with Gasteiger partial charge in [-0.25, -0.2) is 13.4 Å². The summed E-state index contributed by atoms with van der Waals surface area (Å²) in [6.45, 7) is 4.35. The zero-order valence-corrected chi connectivity index (χ0v) is 11.7. The Labute approximate surface area is 111 Å². The van der Waals surface area contributed by atoms with Crippen molar-refractivity contribution in [3.8, 4) is 0 Å². The van der Waals surface area contributed by atoms with Crippen LogP contribution in [0.5, 0.6) is 0 Å². The van der Waals surface area contributed by atoms with Crippen LogP contribution in [0.4, 0.5) is 0 Å². The fourth-order valence-corrected chi connectivity index (χ4v) is 3.71. The number of hydrogen-bond acceptors (Lipinski definition) is 4. The molecule has 0 aromatic carbocycles. The highest BCUT2D eigenvalue weighted by Gasteiger charge is 2.30. The van der Waals surface area contributed by atoms with Crippen molar-refractivity contribution < 1.29 is 8.42 Å². The number of aromatic amines is 1. The summed E-state index contributed by atoms with van der Waals surface area (Å²) < 4.78 is 25.9. The third kappa shape index (κ3) is 1.93. The SMILES string of the molecule is CC(C)S(=O)(=O)N1CCc2c(cnc3[nH]ncc23)C1.